The molecule has 2 N–H and O–H groups in total. The Morgan fingerprint density at radius 1 is 1.13 bits per heavy atom. The number of benzene rings is 1. The molecule has 128 valence electrons. The van der Waals surface area contributed by atoms with E-state index < -0.39 is 10.0 Å². The van der Waals surface area contributed by atoms with Crippen LogP contribution in [-0.2, 0) is 14.8 Å². The molecule has 1 heterocycles. The van der Waals surface area contributed by atoms with Crippen molar-refractivity contribution in [3.63, 3.8) is 0 Å². The summed E-state index contributed by atoms with van der Waals surface area (Å²) in [5.74, 6) is 0.593. The lowest BCUT2D eigenvalue weighted by Crippen LogP contribution is -2.45. The van der Waals surface area contributed by atoms with Gasteiger partial charge in [-0.1, -0.05) is 31.4 Å². The largest absolute Gasteiger partial charge is 0.374 e. The predicted molar refractivity (Wildman–Crippen MR) is 90.1 cm³/mol. The van der Waals surface area contributed by atoms with Gasteiger partial charge < -0.3 is 10.1 Å². The molecule has 6 heteroatoms. The molecule has 0 aromatic heterocycles. The monoisotopic (exact) mass is 338 g/mol. The van der Waals surface area contributed by atoms with Crippen LogP contribution in [0.4, 0.5) is 0 Å². The van der Waals surface area contributed by atoms with Crippen LogP contribution in [0, 0.1) is 0 Å². The van der Waals surface area contributed by atoms with Crippen LogP contribution < -0.4 is 10.0 Å². The zero-order valence-corrected chi connectivity index (χ0v) is 14.3. The summed E-state index contributed by atoms with van der Waals surface area (Å²) in [6.07, 6.45) is 6.22. The fourth-order valence-electron chi connectivity index (χ4n) is 3.39. The number of sulfonamides is 1. The molecule has 3 rings (SSSR count). The third kappa shape index (κ3) is 4.53. The highest BCUT2D eigenvalue weighted by Crippen LogP contribution is 2.32. The van der Waals surface area contributed by atoms with Crippen LogP contribution in [0.3, 0.4) is 0 Å². The summed E-state index contributed by atoms with van der Waals surface area (Å²) in [6.45, 7) is 2.44. The van der Waals surface area contributed by atoms with Crippen LogP contribution in [0.15, 0.2) is 29.2 Å². The second-order valence-electron chi connectivity index (χ2n) is 6.45. The van der Waals surface area contributed by atoms with Crippen molar-refractivity contribution in [3.05, 3.63) is 29.8 Å². The number of ether oxygens (including phenoxy) is 1. The summed E-state index contributed by atoms with van der Waals surface area (Å²) in [4.78, 5) is 0.334. The summed E-state index contributed by atoms with van der Waals surface area (Å²) in [5, 5.41) is 3.19. The Morgan fingerprint density at radius 3 is 2.52 bits per heavy atom. The maximum absolute atomic E-state index is 12.4. The molecule has 1 saturated heterocycles. The summed E-state index contributed by atoms with van der Waals surface area (Å²) < 4.78 is 32.9. The van der Waals surface area contributed by atoms with Crippen molar-refractivity contribution in [1.82, 2.24) is 10.0 Å². The first-order valence-electron chi connectivity index (χ1n) is 8.57. The number of hydrogen-bond acceptors (Lipinski definition) is 4. The molecule has 1 aliphatic heterocycles. The van der Waals surface area contributed by atoms with Crippen molar-refractivity contribution in [2.24, 2.45) is 0 Å². The van der Waals surface area contributed by atoms with Crippen molar-refractivity contribution >= 4 is 10.0 Å². The molecule has 1 saturated carbocycles. The SMILES string of the molecule is O=S(=O)(NCC1CNCCO1)c1ccc(C2CCCCC2)cc1. The van der Waals surface area contributed by atoms with Crippen molar-refractivity contribution in [1.29, 1.82) is 0 Å². The summed E-state index contributed by atoms with van der Waals surface area (Å²) >= 11 is 0. The number of rotatable bonds is 5. The lowest BCUT2D eigenvalue weighted by Gasteiger charge is -2.24. The Bertz CT molecular complexity index is 589. The van der Waals surface area contributed by atoms with Gasteiger partial charge in [-0.05, 0) is 36.5 Å². The third-order valence-corrected chi connectivity index (χ3v) is 6.21. The van der Waals surface area contributed by atoms with Gasteiger partial charge in [0.05, 0.1) is 17.6 Å². The molecule has 1 aliphatic carbocycles. The van der Waals surface area contributed by atoms with E-state index in [4.69, 9.17) is 4.74 Å². The Kier molecular flexibility index (Phi) is 5.69. The molecule has 2 aliphatic rings. The minimum Gasteiger partial charge on any atom is -0.374 e. The van der Waals surface area contributed by atoms with Crippen LogP contribution in [0.25, 0.3) is 0 Å². The normalized spacial score (nSPS) is 23.7. The van der Waals surface area contributed by atoms with Crippen LogP contribution in [0.1, 0.15) is 43.6 Å². The first-order chi connectivity index (χ1) is 11.1. The van der Waals surface area contributed by atoms with Crippen molar-refractivity contribution in [2.45, 2.75) is 49.0 Å². The van der Waals surface area contributed by atoms with Gasteiger partial charge in [0.25, 0.3) is 0 Å². The maximum atomic E-state index is 12.4. The third-order valence-electron chi connectivity index (χ3n) is 4.77. The summed E-state index contributed by atoms with van der Waals surface area (Å²) in [5.41, 5.74) is 1.27. The van der Waals surface area contributed by atoms with Crippen molar-refractivity contribution in [3.8, 4) is 0 Å². The molecule has 0 amide bonds. The predicted octanol–water partition coefficient (Wildman–Crippen LogP) is 2.00. The van der Waals surface area contributed by atoms with Crippen LogP contribution in [-0.4, -0.2) is 40.8 Å². The smallest absolute Gasteiger partial charge is 0.240 e. The zero-order valence-electron chi connectivity index (χ0n) is 13.5. The maximum Gasteiger partial charge on any atom is 0.240 e. The van der Waals surface area contributed by atoms with Crippen LogP contribution in [0.2, 0.25) is 0 Å². The Morgan fingerprint density at radius 2 is 1.87 bits per heavy atom. The average Bonchev–Trinajstić information content (AvgIpc) is 2.62. The summed E-state index contributed by atoms with van der Waals surface area (Å²) in [7, 11) is -3.46. The van der Waals surface area contributed by atoms with Crippen LogP contribution >= 0.6 is 0 Å². The number of nitrogens with one attached hydrogen (secondary N) is 2. The molecule has 0 bridgehead atoms. The fourth-order valence-corrected chi connectivity index (χ4v) is 4.46. The lowest BCUT2D eigenvalue weighted by atomic mass is 9.84. The average molecular weight is 338 g/mol. The van der Waals surface area contributed by atoms with Gasteiger partial charge in [0.2, 0.25) is 10.0 Å². The van der Waals surface area contributed by atoms with Gasteiger partial charge in [-0.2, -0.15) is 0 Å². The highest BCUT2D eigenvalue weighted by molar-refractivity contribution is 7.89. The second-order valence-corrected chi connectivity index (χ2v) is 8.22. The minimum atomic E-state index is -3.46. The highest BCUT2D eigenvalue weighted by Gasteiger charge is 2.20. The van der Waals surface area contributed by atoms with E-state index in [0.717, 1.165) is 6.54 Å². The highest BCUT2D eigenvalue weighted by atomic mass is 32.2. The molecule has 2 fully saturated rings. The molecule has 1 aromatic carbocycles. The van der Waals surface area contributed by atoms with Gasteiger partial charge in [0.15, 0.2) is 0 Å². The second kappa shape index (κ2) is 7.75. The van der Waals surface area contributed by atoms with E-state index in [1.54, 1.807) is 12.1 Å². The first kappa shape index (κ1) is 16.9. The van der Waals surface area contributed by atoms with Crippen molar-refractivity contribution < 1.29 is 13.2 Å². The molecule has 1 aromatic rings. The fraction of sp³-hybridized carbons (Fsp3) is 0.647. The molecule has 1 unspecified atom stereocenters. The van der Waals surface area contributed by atoms with E-state index in [9.17, 15) is 8.42 Å². The lowest BCUT2D eigenvalue weighted by molar-refractivity contribution is 0.0324. The Balaban J connectivity index is 1.60. The van der Waals surface area contributed by atoms with Crippen molar-refractivity contribution in [2.75, 3.05) is 26.2 Å². The van der Waals surface area contributed by atoms with E-state index in [1.807, 2.05) is 12.1 Å². The zero-order chi connectivity index (χ0) is 16.1. The Hall–Kier alpha value is -0.950. The van der Waals surface area contributed by atoms with E-state index in [1.165, 1.54) is 37.7 Å². The first-order valence-corrected chi connectivity index (χ1v) is 10.1. The van der Waals surface area contributed by atoms with E-state index in [2.05, 4.69) is 10.0 Å². The molecule has 5 nitrogen and oxygen atoms in total. The molecule has 0 radical (unpaired) electrons. The topological polar surface area (TPSA) is 67.4 Å². The van der Waals surface area contributed by atoms with Gasteiger partial charge in [-0.15, -0.1) is 0 Å². The van der Waals surface area contributed by atoms with Crippen LogP contribution in [0.5, 0.6) is 0 Å². The standard InChI is InChI=1S/C17H26N2O3S/c20-23(21,19-13-16-12-18-10-11-22-16)17-8-6-15(7-9-17)14-4-2-1-3-5-14/h6-9,14,16,18-19H,1-5,10-13H2. The summed E-state index contributed by atoms with van der Waals surface area (Å²) in [6, 6.07) is 7.41. The molecule has 23 heavy (non-hydrogen) atoms. The van der Waals surface area contributed by atoms with E-state index in [0.29, 0.717) is 30.5 Å². The van der Waals surface area contributed by atoms with E-state index in [-0.39, 0.29) is 6.10 Å². The van der Waals surface area contributed by atoms with Gasteiger partial charge in [0.1, 0.15) is 0 Å². The van der Waals surface area contributed by atoms with Gasteiger partial charge >= 0.3 is 0 Å². The molecule has 0 spiro atoms. The van der Waals surface area contributed by atoms with Gasteiger partial charge in [-0.25, -0.2) is 13.1 Å². The number of morpholine rings is 1. The quantitative estimate of drug-likeness (QED) is 0.862. The Labute approximate surface area is 138 Å². The molecular weight excluding hydrogens is 312 g/mol. The molecular formula is C17H26N2O3S. The van der Waals surface area contributed by atoms with E-state index >= 15 is 0 Å². The molecule has 1 atom stereocenters. The van der Waals surface area contributed by atoms with Gasteiger partial charge in [0, 0.05) is 19.6 Å². The minimum absolute atomic E-state index is 0.0972. The van der Waals surface area contributed by atoms with Gasteiger partial charge in [-0.3, -0.25) is 0 Å². The number of hydrogen-bond donors (Lipinski definition) is 2.